The highest BCUT2D eigenvalue weighted by Crippen LogP contribution is 2.36. The van der Waals surface area contributed by atoms with Gasteiger partial charge in [-0.15, -0.1) is 13.2 Å². The van der Waals surface area contributed by atoms with Crippen molar-refractivity contribution >= 4 is 21.9 Å². The minimum Gasteiger partial charge on any atom is -0.465 e. The maximum atomic E-state index is 12.2. The topological polar surface area (TPSA) is 59.3 Å². The second kappa shape index (κ2) is 5.27. The van der Waals surface area contributed by atoms with E-state index in [-0.39, 0.29) is 10.0 Å². The van der Waals surface area contributed by atoms with E-state index in [1.165, 1.54) is 6.07 Å². The molecule has 18 heavy (non-hydrogen) atoms. The first kappa shape index (κ1) is 14.3. The molecule has 4 nitrogen and oxygen atoms in total. The summed E-state index contributed by atoms with van der Waals surface area (Å²) < 4.78 is 44.5. The second-order valence-corrected chi connectivity index (χ2v) is 3.75. The fraction of sp³-hybridized carbons (Fsp3) is 0.200. The lowest BCUT2D eigenvalue weighted by molar-refractivity contribution is -0.275. The Labute approximate surface area is 108 Å². The van der Waals surface area contributed by atoms with E-state index >= 15 is 0 Å². The first-order valence-corrected chi connectivity index (χ1v) is 5.16. The van der Waals surface area contributed by atoms with Crippen LogP contribution < -0.4 is 4.74 Å². The largest absolute Gasteiger partial charge is 0.573 e. The van der Waals surface area contributed by atoms with Crippen LogP contribution in [0, 0.1) is 11.3 Å². The van der Waals surface area contributed by atoms with Gasteiger partial charge in [-0.2, -0.15) is 5.26 Å². The zero-order valence-corrected chi connectivity index (χ0v) is 10.4. The Bertz CT molecular complexity index is 522. The molecule has 0 fully saturated rings. The molecule has 0 saturated heterocycles. The molecule has 0 bridgehead atoms. The average molecular weight is 324 g/mol. The van der Waals surface area contributed by atoms with Crippen LogP contribution in [0.3, 0.4) is 0 Å². The molecule has 0 aliphatic rings. The molecule has 1 aromatic carbocycles. The molecule has 0 radical (unpaired) electrons. The molecule has 0 saturated carbocycles. The SMILES string of the molecule is COC(=O)c1ccc(C#N)c(Br)c1OC(F)(F)F. The van der Waals surface area contributed by atoms with Crippen LogP contribution in [0.2, 0.25) is 0 Å². The van der Waals surface area contributed by atoms with Crippen molar-refractivity contribution in [2.24, 2.45) is 0 Å². The highest BCUT2D eigenvalue weighted by Gasteiger charge is 2.35. The maximum absolute atomic E-state index is 12.2. The van der Waals surface area contributed by atoms with E-state index in [2.05, 4.69) is 25.4 Å². The zero-order chi connectivity index (χ0) is 13.9. The molecule has 0 unspecified atom stereocenters. The molecule has 0 aliphatic heterocycles. The summed E-state index contributed by atoms with van der Waals surface area (Å²) >= 11 is 2.79. The van der Waals surface area contributed by atoms with E-state index in [4.69, 9.17) is 5.26 Å². The van der Waals surface area contributed by atoms with Crippen molar-refractivity contribution in [2.75, 3.05) is 7.11 Å². The van der Waals surface area contributed by atoms with Gasteiger partial charge in [0, 0.05) is 0 Å². The van der Waals surface area contributed by atoms with Gasteiger partial charge < -0.3 is 9.47 Å². The van der Waals surface area contributed by atoms with Crippen LogP contribution in [-0.4, -0.2) is 19.4 Å². The van der Waals surface area contributed by atoms with Crippen molar-refractivity contribution in [2.45, 2.75) is 6.36 Å². The van der Waals surface area contributed by atoms with Crippen LogP contribution in [0.5, 0.6) is 5.75 Å². The summed E-state index contributed by atoms with van der Waals surface area (Å²) in [4.78, 5) is 11.3. The summed E-state index contributed by atoms with van der Waals surface area (Å²) in [7, 11) is 1.02. The van der Waals surface area contributed by atoms with Crippen molar-refractivity contribution in [3.63, 3.8) is 0 Å². The molecular weight excluding hydrogens is 319 g/mol. The smallest absolute Gasteiger partial charge is 0.465 e. The Kier molecular flexibility index (Phi) is 4.19. The lowest BCUT2D eigenvalue weighted by atomic mass is 10.1. The van der Waals surface area contributed by atoms with Gasteiger partial charge in [0.25, 0.3) is 0 Å². The minimum atomic E-state index is -4.99. The number of rotatable bonds is 2. The molecule has 0 atom stereocenters. The molecule has 0 aliphatic carbocycles. The van der Waals surface area contributed by atoms with E-state index in [9.17, 15) is 18.0 Å². The lowest BCUT2D eigenvalue weighted by Gasteiger charge is -2.14. The van der Waals surface area contributed by atoms with Gasteiger partial charge in [0.05, 0.1) is 17.1 Å². The summed E-state index contributed by atoms with van der Waals surface area (Å²) in [5.41, 5.74) is -0.525. The number of hydrogen-bond acceptors (Lipinski definition) is 4. The number of carbonyl (C=O) groups excluding carboxylic acids is 1. The molecule has 0 amide bonds. The number of hydrogen-bond donors (Lipinski definition) is 0. The third-order valence-corrected chi connectivity index (χ3v) is 2.63. The number of ether oxygens (including phenoxy) is 2. The molecule has 0 N–H and O–H groups in total. The van der Waals surface area contributed by atoms with Crippen LogP contribution >= 0.6 is 15.9 Å². The monoisotopic (exact) mass is 323 g/mol. The van der Waals surface area contributed by atoms with E-state index in [1.807, 2.05) is 0 Å². The number of nitriles is 1. The molecule has 0 heterocycles. The second-order valence-electron chi connectivity index (χ2n) is 2.95. The van der Waals surface area contributed by atoms with Crippen molar-refractivity contribution in [1.29, 1.82) is 5.26 Å². The van der Waals surface area contributed by atoms with Gasteiger partial charge in [0.1, 0.15) is 11.6 Å². The molecule has 96 valence electrons. The van der Waals surface area contributed by atoms with E-state index < -0.39 is 23.6 Å². The maximum Gasteiger partial charge on any atom is 0.573 e. The Morgan fingerprint density at radius 2 is 2.06 bits per heavy atom. The third kappa shape index (κ3) is 3.13. The van der Waals surface area contributed by atoms with E-state index in [1.54, 1.807) is 6.07 Å². The quantitative estimate of drug-likeness (QED) is 0.785. The van der Waals surface area contributed by atoms with Gasteiger partial charge in [-0.3, -0.25) is 0 Å². The van der Waals surface area contributed by atoms with Gasteiger partial charge in [-0.05, 0) is 28.1 Å². The van der Waals surface area contributed by atoms with Gasteiger partial charge in [-0.1, -0.05) is 0 Å². The molecular formula is C10H5BrF3NO3. The number of methoxy groups -OCH3 is 1. The lowest BCUT2D eigenvalue weighted by Crippen LogP contribution is -2.20. The number of carbonyl (C=O) groups is 1. The highest BCUT2D eigenvalue weighted by molar-refractivity contribution is 9.10. The first-order valence-electron chi connectivity index (χ1n) is 4.36. The van der Waals surface area contributed by atoms with E-state index in [0.717, 1.165) is 13.2 Å². The average Bonchev–Trinajstić information content (AvgIpc) is 2.29. The Morgan fingerprint density at radius 1 is 1.44 bits per heavy atom. The standard InChI is InChI=1S/C10H5BrF3NO3/c1-17-9(16)6-3-2-5(4-15)7(11)8(6)18-10(12,13)14/h2-3H,1H3. The number of alkyl halides is 3. The number of esters is 1. The Balaban J connectivity index is 3.41. The van der Waals surface area contributed by atoms with Crippen LogP contribution in [0.4, 0.5) is 13.2 Å². The summed E-state index contributed by atoms with van der Waals surface area (Å²) in [5, 5.41) is 8.69. The summed E-state index contributed by atoms with van der Waals surface area (Å²) in [6.07, 6.45) is -4.99. The number of benzene rings is 1. The Morgan fingerprint density at radius 3 is 2.50 bits per heavy atom. The van der Waals surface area contributed by atoms with Crippen molar-refractivity contribution < 1.29 is 27.4 Å². The Hall–Kier alpha value is -1.75. The predicted octanol–water partition coefficient (Wildman–Crippen LogP) is 3.01. The normalized spacial score (nSPS) is 10.7. The molecule has 8 heteroatoms. The zero-order valence-electron chi connectivity index (χ0n) is 8.84. The molecule has 1 rings (SSSR count). The van der Waals surface area contributed by atoms with Crippen molar-refractivity contribution in [1.82, 2.24) is 0 Å². The fourth-order valence-electron chi connectivity index (χ4n) is 1.13. The van der Waals surface area contributed by atoms with Gasteiger partial charge in [0.15, 0.2) is 5.75 Å². The van der Waals surface area contributed by atoms with Crippen LogP contribution in [0.15, 0.2) is 16.6 Å². The first-order chi connectivity index (χ1) is 8.30. The highest BCUT2D eigenvalue weighted by atomic mass is 79.9. The summed E-state index contributed by atoms with van der Waals surface area (Å²) in [6, 6.07) is 3.86. The van der Waals surface area contributed by atoms with E-state index in [0.29, 0.717) is 0 Å². The summed E-state index contributed by atoms with van der Waals surface area (Å²) in [5.74, 6) is -1.80. The van der Waals surface area contributed by atoms with Crippen molar-refractivity contribution in [3.8, 4) is 11.8 Å². The fourth-order valence-corrected chi connectivity index (χ4v) is 1.64. The molecule has 1 aromatic rings. The number of nitrogens with zero attached hydrogens (tertiary/aromatic N) is 1. The van der Waals surface area contributed by atoms with Gasteiger partial charge in [0.2, 0.25) is 0 Å². The minimum absolute atomic E-state index is 0.0955. The predicted molar refractivity (Wildman–Crippen MR) is 56.9 cm³/mol. The van der Waals surface area contributed by atoms with Gasteiger partial charge in [-0.25, -0.2) is 4.79 Å². The van der Waals surface area contributed by atoms with Gasteiger partial charge >= 0.3 is 12.3 Å². The molecule has 0 aromatic heterocycles. The summed E-state index contributed by atoms with van der Waals surface area (Å²) in [6.45, 7) is 0. The number of halogens is 4. The van der Waals surface area contributed by atoms with Crippen LogP contribution in [0.25, 0.3) is 0 Å². The van der Waals surface area contributed by atoms with Crippen molar-refractivity contribution in [3.05, 3.63) is 27.7 Å². The van der Waals surface area contributed by atoms with Crippen LogP contribution in [0.1, 0.15) is 15.9 Å². The van der Waals surface area contributed by atoms with Crippen LogP contribution in [-0.2, 0) is 4.74 Å². The third-order valence-electron chi connectivity index (χ3n) is 1.84. The molecule has 0 spiro atoms.